The van der Waals surface area contributed by atoms with Crippen LogP contribution in [0.1, 0.15) is 29.9 Å². The minimum Gasteiger partial charge on any atom is -0.404 e. The molecule has 0 aliphatic rings. The van der Waals surface area contributed by atoms with Crippen molar-refractivity contribution >= 4 is 5.88 Å². The average Bonchev–Trinajstić information content (AvgIpc) is 2.86. The van der Waals surface area contributed by atoms with E-state index in [1.165, 1.54) is 17.2 Å². The Bertz CT molecular complexity index is 560. The Morgan fingerprint density at radius 3 is 2.53 bits per heavy atom. The smallest absolute Gasteiger partial charge is 0.404 e. The van der Waals surface area contributed by atoms with E-state index in [-0.39, 0.29) is 11.9 Å². The summed E-state index contributed by atoms with van der Waals surface area (Å²) in [7, 11) is 0. The number of benzene rings is 1. The molecule has 1 aromatic carbocycles. The molecule has 1 N–H and O–H groups in total. The zero-order valence-electron chi connectivity index (χ0n) is 10.9. The third-order valence-corrected chi connectivity index (χ3v) is 2.99. The molecule has 0 saturated carbocycles. The molecule has 0 aliphatic carbocycles. The first-order valence-corrected chi connectivity index (χ1v) is 6.09. The van der Waals surface area contributed by atoms with Crippen LogP contribution in [0, 0.1) is 17.0 Å². The molecule has 1 heterocycles. The Hall–Kier alpha value is -2.14. The highest BCUT2D eigenvalue weighted by atomic mass is 16.6. The van der Waals surface area contributed by atoms with Gasteiger partial charge in [0.25, 0.3) is 0 Å². The molecule has 1 aromatic heterocycles. The SMILES string of the molecule is Cc1ccc([C@@H](C)NCc2ccc([N+](=O)[O-])o2)cc1. The first-order valence-electron chi connectivity index (χ1n) is 6.09. The summed E-state index contributed by atoms with van der Waals surface area (Å²) in [4.78, 5) is 9.96. The molecule has 2 rings (SSSR count). The van der Waals surface area contributed by atoms with Crippen molar-refractivity contribution in [3.8, 4) is 0 Å². The van der Waals surface area contributed by atoms with Gasteiger partial charge in [0.15, 0.2) is 0 Å². The monoisotopic (exact) mass is 260 g/mol. The maximum absolute atomic E-state index is 10.5. The molecule has 5 heteroatoms. The number of hydrogen-bond acceptors (Lipinski definition) is 4. The van der Waals surface area contributed by atoms with Crippen LogP contribution in [0.25, 0.3) is 0 Å². The second kappa shape index (κ2) is 5.67. The Labute approximate surface area is 111 Å². The molecule has 2 aromatic rings. The van der Waals surface area contributed by atoms with E-state index >= 15 is 0 Å². The van der Waals surface area contributed by atoms with Gasteiger partial charge in [0, 0.05) is 6.04 Å². The van der Waals surface area contributed by atoms with Crippen LogP contribution in [0.15, 0.2) is 40.8 Å². The topological polar surface area (TPSA) is 68.3 Å². The summed E-state index contributed by atoms with van der Waals surface area (Å²) in [6, 6.07) is 11.4. The molecule has 0 saturated heterocycles. The number of aryl methyl sites for hydroxylation is 1. The lowest BCUT2D eigenvalue weighted by Gasteiger charge is -2.13. The van der Waals surface area contributed by atoms with Crippen molar-refractivity contribution in [2.45, 2.75) is 26.4 Å². The number of furan rings is 1. The number of hydrogen-bond donors (Lipinski definition) is 1. The van der Waals surface area contributed by atoms with Gasteiger partial charge in [-0.25, -0.2) is 0 Å². The van der Waals surface area contributed by atoms with Crippen LogP contribution in [-0.2, 0) is 6.54 Å². The molecule has 0 spiro atoms. The zero-order valence-corrected chi connectivity index (χ0v) is 10.9. The van der Waals surface area contributed by atoms with Crippen molar-refractivity contribution < 1.29 is 9.34 Å². The quantitative estimate of drug-likeness (QED) is 0.661. The van der Waals surface area contributed by atoms with E-state index in [0.29, 0.717) is 12.3 Å². The Balaban J connectivity index is 1.94. The van der Waals surface area contributed by atoms with Crippen LogP contribution in [-0.4, -0.2) is 4.92 Å². The van der Waals surface area contributed by atoms with Gasteiger partial charge >= 0.3 is 5.88 Å². The van der Waals surface area contributed by atoms with Gasteiger partial charge in [-0.15, -0.1) is 0 Å². The van der Waals surface area contributed by atoms with Crippen LogP contribution in [0.5, 0.6) is 0 Å². The van der Waals surface area contributed by atoms with E-state index in [1.54, 1.807) is 6.07 Å². The maximum Gasteiger partial charge on any atom is 0.433 e. The number of nitrogens with zero attached hydrogens (tertiary/aromatic N) is 1. The van der Waals surface area contributed by atoms with Gasteiger partial charge in [0.2, 0.25) is 0 Å². The summed E-state index contributed by atoms with van der Waals surface area (Å²) in [6.07, 6.45) is 0. The molecule has 0 bridgehead atoms. The summed E-state index contributed by atoms with van der Waals surface area (Å²) >= 11 is 0. The van der Waals surface area contributed by atoms with E-state index in [0.717, 1.165) is 0 Å². The normalized spacial score (nSPS) is 12.3. The van der Waals surface area contributed by atoms with Crippen LogP contribution in [0.3, 0.4) is 0 Å². The molecule has 0 fully saturated rings. The van der Waals surface area contributed by atoms with Crippen LogP contribution in [0.4, 0.5) is 5.88 Å². The van der Waals surface area contributed by atoms with Crippen molar-refractivity contribution in [3.05, 3.63) is 63.4 Å². The minimum atomic E-state index is -0.535. The van der Waals surface area contributed by atoms with E-state index in [2.05, 4.69) is 29.6 Å². The average molecular weight is 260 g/mol. The highest BCUT2D eigenvalue weighted by molar-refractivity contribution is 5.24. The third-order valence-electron chi connectivity index (χ3n) is 2.99. The maximum atomic E-state index is 10.5. The van der Waals surface area contributed by atoms with Crippen LogP contribution < -0.4 is 5.32 Å². The van der Waals surface area contributed by atoms with E-state index in [1.807, 2.05) is 13.8 Å². The standard InChI is InChI=1S/C14H16N2O3/c1-10-3-5-12(6-4-10)11(2)15-9-13-7-8-14(19-13)16(17)18/h3-8,11,15H,9H2,1-2H3/t11-/m1/s1. The molecule has 5 nitrogen and oxygen atoms in total. The number of rotatable bonds is 5. The van der Waals surface area contributed by atoms with Gasteiger partial charge in [-0.2, -0.15) is 0 Å². The predicted molar refractivity (Wildman–Crippen MR) is 71.8 cm³/mol. The van der Waals surface area contributed by atoms with E-state index < -0.39 is 4.92 Å². The summed E-state index contributed by atoms with van der Waals surface area (Å²) < 4.78 is 5.09. The lowest BCUT2D eigenvalue weighted by molar-refractivity contribution is -0.402. The minimum absolute atomic E-state index is 0.157. The molecular formula is C14H16N2O3. The van der Waals surface area contributed by atoms with Gasteiger partial charge in [0.1, 0.15) is 10.7 Å². The van der Waals surface area contributed by atoms with Crippen molar-refractivity contribution in [2.75, 3.05) is 0 Å². The molecule has 19 heavy (non-hydrogen) atoms. The zero-order chi connectivity index (χ0) is 13.8. The second-order valence-corrected chi connectivity index (χ2v) is 4.51. The van der Waals surface area contributed by atoms with Gasteiger partial charge in [0.05, 0.1) is 12.6 Å². The molecule has 100 valence electrons. The number of nitrogens with one attached hydrogen (secondary N) is 1. The summed E-state index contributed by atoms with van der Waals surface area (Å²) in [5.41, 5.74) is 2.39. The Morgan fingerprint density at radius 1 is 1.26 bits per heavy atom. The van der Waals surface area contributed by atoms with Crippen molar-refractivity contribution in [3.63, 3.8) is 0 Å². The molecule has 1 atom stereocenters. The summed E-state index contributed by atoms with van der Waals surface area (Å²) in [6.45, 7) is 4.55. The van der Waals surface area contributed by atoms with E-state index in [4.69, 9.17) is 4.42 Å². The van der Waals surface area contributed by atoms with Gasteiger partial charge in [-0.05, 0) is 25.5 Å². The largest absolute Gasteiger partial charge is 0.433 e. The van der Waals surface area contributed by atoms with Gasteiger partial charge in [-0.3, -0.25) is 10.1 Å². The number of nitro groups is 1. The summed E-state index contributed by atoms with van der Waals surface area (Å²) in [5.74, 6) is 0.338. The molecule has 0 amide bonds. The van der Waals surface area contributed by atoms with Crippen molar-refractivity contribution in [1.82, 2.24) is 5.32 Å². The molecule has 0 radical (unpaired) electrons. The third kappa shape index (κ3) is 3.42. The van der Waals surface area contributed by atoms with Crippen molar-refractivity contribution in [2.24, 2.45) is 0 Å². The van der Waals surface area contributed by atoms with Crippen molar-refractivity contribution in [1.29, 1.82) is 0 Å². The highest BCUT2D eigenvalue weighted by Crippen LogP contribution is 2.17. The van der Waals surface area contributed by atoms with E-state index in [9.17, 15) is 10.1 Å². The fourth-order valence-corrected chi connectivity index (χ4v) is 1.79. The van der Waals surface area contributed by atoms with Gasteiger partial charge in [-0.1, -0.05) is 29.8 Å². The first kappa shape index (κ1) is 13.3. The molecule has 0 aliphatic heterocycles. The Kier molecular flexibility index (Phi) is 3.97. The lowest BCUT2D eigenvalue weighted by atomic mass is 10.1. The molecule has 0 unspecified atom stereocenters. The molecular weight excluding hydrogens is 244 g/mol. The van der Waals surface area contributed by atoms with Crippen LogP contribution in [0.2, 0.25) is 0 Å². The predicted octanol–water partition coefficient (Wildman–Crippen LogP) is 3.35. The second-order valence-electron chi connectivity index (χ2n) is 4.51. The van der Waals surface area contributed by atoms with Crippen LogP contribution >= 0.6 is 0 Å². The van der Waals surface area contributed by atoms with Gasteiger partial charge < -0.3 is 9.73 Å². The fraction of sp³-hybridized carbons (Fsp3) is 0.286. The fourth-order valence-electron chi connectivity index (χ4n) is 1.79. The summed E-state index contributed by atoms with van der Waals surface area (Å²) in [5, 5.41) is 13.8. The lowest BCUT2D eigenvalue weighted by Crippen LogP contribution is -2.17. The Morgan fingerprint density at radius 2 is 1.95 bits per heavy atom. The highest BCUT2D eigenvalue weighted by Gasteiger charge is 2.12. The first-order chi connectivity index (χ1) is 9.06.